The normalized spacial score (nSPS) is 11.7. The summed E-state index contributed by atoms with van der Waals surface area (Å²) in [4.78, 5) is 2.38. The van der Waals surface area contributed by atoms with Gasteiger partial charge in [0.1, 0.15) is 12.4 Å². The van der Waals surface area contributed by atoms with Gasteiger partial charge in [-0.25, -0.2) is 0 Å². The lowest BCUT2D eigenvalue weighted by Crippen LogP contribution is -2.27. The summed E-state index contributed by atoms with van der Waals surface area (Å²) in [6.07, 6.45) is 2.04. The van der Waals surface area contributed by atoms with E-state index in [9.17, 15) is 0 Å². The van der Waals surface area contributed by atoms with Crippen LogP contribution in [0.1, 0.15) is 51.7 Å². The quantitative estimate of drug-likeness (QED) is 0.428. The van der Waals surface area contributed by atoms with Crippen LogP contribution in [-0.2, 0) is 0 Å². The van der Waals surface area contributed by atoms with Crippen molar-refractivity contribution in [3.05, 3.63) is 65.7 Å². The fourth-order valence-electron chi connectivity index (χ4n) is 3.43. The van der Waals surface area contributed by atoms with Crippen molar-refractivity contribution in [1.82, 2.24) is 4.90 Å². The second-order valence-corrected chi connectivity index (χ2v) is 6.43. The highest BCUT2D eigenvalue weighted by molar-refractivity contribution is 5.90. The molecule has 0 heterocycles. The monoisotopic (exact) mass is 387 g/mol. The van der Waals surface area contributed by atoms with E-state index >= 15 is 0 Å². The lowest BCUT2D eigenvalue weighted by Gasteiger charge is -2.18. The second kappa shape index (κ2) is 12.6. The lowest BCUT2D eigenvalue weighted by molar-refractivity contribution is 0.223. The van der Waals surface area contributed by atoms with Crippen molar-refractivity contribution in [3.63, 3.8) is 0 Å². The Morgan fingerprint density at radius 1 is 0.778 bits per heavy atom. The molecule has 0 aliphatic rings. The molecule has 0 unspecified atom stereocenters. The third-order valence-electron chi connectivity index (χ3n) is 4.95. The standard InChI is InChI=1S/C24H33NO.ClH/c1-5-23(20-13-10-9-11-14-20)24(6-2)21-15-12-16-22(19-21)26-18-17-25(7-3)8-4;/h9-16,19H,5-8,17-18H2,1-4H3;1H/b24-23+;. The highest BCUT2D eigenvalue weighted by Crippen LogP contribution is 2.32. The zero-order valence-corrected chi connectivity index (χ0v) is 18.0. The molecule has 0 amide bonds. The molecule has 0 saturated heterocycles. The van der Waals surface area contributed by atoms with Gasteiger partial charge in [-0.05, 0) is 60.3 Å². The van der Waals surface area contributed by atoms with E-state index in [2.05, 4.69) is 87.2 Å². The van der Waals surface area contributed by atoms with E-state index in [1.165, 1.54) is 22.3 Å². The number of allylic oxidation sites excluding steroid dienone is 2. The zero-order valence-electron chi connectivity index (χ0n) is 17.2. The maximum atomic E-state index is 6.03. The van der Waals surface area contributed by atoms with Crippen LogP contribution in [0.25, 0.3) is 11.1 Å². The minimum absolute atomic E-state index is 0. The minimum Gasteiger partial charge on any atom is -0.492 e. The molecule has 0 spiro atoms. The molecule has 0 fully saturated rings. The van der Waals surface area contributed by atoms with Crippen LogP contribution < -0.4 is 4.74 Å². The number of rotatable bonds is 10. The Hall–Kier alpha value is -1.77. The number of likely N-dealkylation sites (N-methyl/N-ethyl adjacent to an activating group) is 1. The summed E-state index contributed by atoms with van der Waals surface area (Å²) in [5, 5.41) is 0. The smallest absolute Gasteiger partial charge is 0.119 e. The Kier molecular flexibility index (Phi) is 10.8. The molecule has 0 radical (unpaired) electrons. The molecule has 2 rings (SSSR count). The largest absolute Gasteiger partial charge is 0.492 e. The topological polar surface area (TPSA) is 12.5 Å². The number of hydrogen-bond acceptors (Lipinski definition) is 2. The van der Waals surface area contributed by atoms with Gasteiger partial charge in [0.25, 0.3) is 0 Å². The van der Waals surface area contributed by atoms with Crippen molar-refractivity contribution >= 4 is 23.6 Å². The Labute approximate surface area is 171 Å². The van der Waals surface area contributed by atoms with Gasteiger partial charge in [0.15, 0.2) is 0 Å². The van der Waals surface area contributed by atoms with Crippen LogP contribution in [0.3, 0.4) is 0 Å². The Bertz CT molecular complexity index is 693. The number of halogens is 1. The van der Waals surface area contributed by atoms with E-state index in [1.54, 1.807) is 0 Å². The first kappa shape index (κ1) is 23.3. The fraction of sp³-hybridized carbons (Fsp3) is 0.417. The molecule has 0 N–H and O–H groups in total. The molecule has 148 valence electrons. The number of ether oxygens (including phenoxy) is 1. The van der Waals surface area contributed by atoms with Crippen molar-refractivity contribution in [2.75, 3.05) is 26.2 Å². The summed E-state index contributed by atoms with van der Waals surface area (Å²) in [6.45, 7) is 12.7. The molecule has 27 heavy (non-hydrogen) atoms. The Morgan fingerprint density at radius 2 is 1.37 bits per heavy atom. The average Bonchev–Trinajstić information content (AvgIpc) is 2.70. The van der Waals surface area contributed by atoms with Gasteiger partial charge in [-0.2, -0.15) is 0 Å². The van der Waals surface area contributed by atoms with Gasteiger partial charge in [-0.3, -0.25) is 0 Å². The van der Waals surface area contributed by atoms with Crippen molar-refractivity contribution in [2.45, 2.75) is 40.5 Å². The van der Waals surface area contributed by atoms with Gasteiger partial charge in [0.2, 0.25) is 0 Å². The summed E-state index contributed by atoms with van der Waals surface area (Å²) >= 11 is 0. The second-order valence-electron chi connectivity index (χ2n) is 6.43. The van der Waals surface area contributed by atoms with Crippen LogP contribution in [0.4, 0.5) is 0 Å². The lowest BCUT2D eigenvalue weighted by atomic mass is 9.91. The zero-order chi connectivity index (χ0) is 18.8. The summed E-state index contributed by atoms with van der Waals surface area (Å²) in [5.74, 6) is 0.962. The van der Waals surface area contributed by atoms with Crippen molar-refractivity contribution < 1.29 is 4.74 Å². The molecule has 2 nitrogen and oxygen atoms in total. The molecule has 3 heteroatoms. The van der Waals surface area contributed by atoms with Crippen molar-refractivity contribution in [2.24, 2.45) is 0 Å². The SMILES string of the molecule is CC/C(=C(/CC)c1cccc(OCCN(CC)CC)c1)c1ccccc1.Cl. The Morgan fingerprint density at radius 3 is 1.96 bits per heavy atom. The van der Waals surface area contributed by atoms with Crippen LogP contribution >= 0.6 is 12.4 Å². The van der Waals surface area contributed by atoms with Crippen molar-refractivity contribution in [1.29, 1.82) is 0 Å². The molecule has 0 aromatic heterocycles. The Balaban J connectivity index is 0.00000364. The van der Waals surface area contributed by atoms with Gasteiger partial charge < -0.3 is 9.64 Å². The van der Waals surface area contributed by atoms with Crippen LogP contribution in [0.2, 0.25) is 0 Å². The molecule has 0 atom stereocenters. The van der Waals surface area contributed by atoms with Crippen LogP contribution in [0.5, 0.6) is 5.75 Å². The molecular formula is C24H34ClNO. The van der Waals surface area contributed by atoms with Crippen molar-refractivity contribution in [3.8, 4) is 5.75 Å². The predicted octanol–water partition coefficient (Wildman–Crippen LogP) is 6.56. The third-order valence-corrected chi connectivity index (χ3v) is 4.95. The number of hydrogen-bond donors (Lipinski definition) is 0. The van der Waals surface area contributed by atoms with E-state index in [4.69, 9.17) is 4.74 Å². The first-order chi connectivity index (χ1) is 12.7. The average molecular weight is 388 g/mol. The highest BCUT2D eigenvalue weighted by atomic mass is 35.5. The third kappa shape index (κ3) is 6.71. The van der Waals surface area contributed by atoms with E-state index in [-0.39, 0.29) is 12.4 Å². The molecule has 2 aromatic carbocycles. The van der Waals surface area contributed by atoms with Gasteiger partial charge in [-0.15, -0.1) is 12.4 Å². The van der Waals surface area contributed by atoms with E-state index in [0.29, 0.717) is 0 Å². The highest BCUT2D eigenvalue weighted by Gasteiger charge is 2.10. The number of benzene rings is 2. The van der Waals surface area contributed by atoms with E-state index in [1.807, 2.05) is 0 Å². The number of nitrogens with zero attached hydrogens (tertiary/aromatic N) is 1. The van der Waals surface area contributed by atoms with Crippen LogP contribution in [0, 0.1) is 0 Å². The molecule has 0 aliphatic heterocycles. The molecular weight excluding hydrogens is 354 g/mol. The van der Waals surface area contributed by atoms with E-state index < -0.39 is 0 Å². The van der Waals surface area contributed by atoms with Gasteiger partial charge in [0, 0.05) is 6.54 Å². The maximum Gasteiger partial charge on any atom is 0.119 e. The summed E-state index contributed by atoms with van der Waals surface area (Å²) in [7, 11) is 0. The maximum absolute atomic E-state index is 6.03. The summed E-state index contributed by atoms with van der Waals surface area (Å²) in [5.41, 5.74) is 5.43. The van der Waals surface area contributed by atoms with Crippen LogP contribution in [-0.4, -0.2) is 31.1 Å². The van der Waals surface area contributed by atoms with Crippen LogP contribution in [0.15, 0.2) is 54.6 Å². The first-order valence-electron chi connectivity index (χ1n) is 9.96. The molecule has 0 bridgehead atoms. The minimum atomic E-state index is 0. The molecule has 0 saturated carbocycles. The fourth-order valence-corrected chi connectivity index (χ4v) is 3.43. The van der Waals surface area contributed by atoms with Gasteiger partial charge in [-0.1, -0.05) is 70.2 Å². The first-order valence-corrected chi connectivity index (χ1v) is 9.96. The van der Waals surface area contributed by atoms with E-state index in [0.717, 1.165) is 44.8 Å². The summed E-state index contributed by atoms with van der Waals surface area (Å²) in [6, 6.07) is 19.3. The van der Waals surface area contributed by atoms with Gasteiger partial charge >= 0.3 is 0 Å². The molecule has 0 aliphatic carbocycles. The van der Waals surface area contributed by atoms with Gasteiger partial charge in [0.05, 0.1) is 0 Å². The summed E-state index contributed by atoms with van der Waals surface area (Å²) < 4.78 is 6.03. The molecule has 2 aromatic rings. The predicted molar refractivity (Wildman–Crippen MR) is 121 cm³/mol.